The van der Waals surface area contributed by atoms with Crippen LogP contribution < -0.4 is 11.1 Å². The minimum Gasteiger partial charge on any atom is -0.353 e. The van der Waals surface area contributed by atoms with Gasteiger partial charge in [0, 0.05) is 17.0 Å². The fourth-order valence-electron chi connectivity index (χ4n) is 1.42. The van der Waals surface area contributed by atoms with Crippen LogP contribution in [-0.2, 0) is 4.79 Å². The smallest absolute Gasteiger partial charge is 0.230 e. The molecule has 0 fully saturated rings. The minimum absolute atomic E-state index is 0.0920. The van der Waals surface area contributed by atoms with Gasteiger partial charge in [0.25, 0.3) is 0 Å². The molecule has 18 heavy (non-hydrogen) atoms. The lowest BCUT2D eigenvalue weighted by atomic mass is 10.1. The van der Waals surface area contributed by atoms with Crippen LogP contribution >= 0.6 is 11.8 Å². The van der Waals surface area contributed by atoms with Crippen LogP contribution in [0.25, 0.3) is 0 Å². The number of carbonyl (C=O) groups excluding carboxylic acids is 1. The van der Waals surface area contributed by atoms with Crippen LogP contribution in [0, 0.1) is 5.82 Å². The van der Waals surface area contributed by atoms with Crippen molar-refractivity contribution < 1.29 is 9.18 Å². The first-order valence-electron chi connectivity index (χ1n) is 5.87. The lowest BCUT2D eigenvalue weighted by Crippen LogP contribution is -2.31. The highest BCUT2D eigenvalue weighted by molar-refractivity contribution is 8.00. The van der Waals surface area contributed by atoms with Gasteiger partial charge in [0.15, 0.2) is 0 Å². The number of nitrogens with two attached hydrogens (primary N) is 1. The Kier molecular flexibility index (Phi) is 5.62. The van der Waals surface area contributed by atoms with E-state index in [1.165, 1.54) is 17.8 Å². The summed E-state index contributed by atoms with van der Waals surface area (Å²) in [5, 5.41) is 2.76. The summed E-state index contributed by atoms with van der Waals surface area (Å²) in [6, 6.07) is 4.79. The minimum atomic E-state index is -0.327. The number of rotatable bonds is 5. The zero-order chi connectivity index (χ0) is 13.7. The summed E-state index contributed by atoms with van der Waals surface area (Å²) in [5.41, 5.74) is 6.43. The van der Waals surface area contributed by atoms with Crippen LogP contribution in [0.4, 0.5) is 4.39 Å². The molecule has 1 aromatic rings. The van der Waals surface area contributed by atoms with Crippen molar-refractivity contribution in [3.05, 3.63) is 29.6 Å². The van der Waals surface area contributed by atoms with Gasteiger partial charge < -0.3 is 11.1 Å². The first-order valence-corrected chi connectivity index (χ1v) is 6.86. The second kappa shape index (κ2) is 6.75. The van der Waals surface area contributed by atoms with Gasteiger partial charge in [-0.2, -0.15) is 0 Å². The summed E-state index contributed by atoms with van der Waals surface area (Å²) < 4.78 is 13.7. The first-order chi connectivity index (χ1) is 8.40. The predicted molar refractivity (Wildman–Crippen MR) is 73.0 cm³/mol. The van der Waals surface area contributed by atoms with Crippen LogP contribution in [0.5, 0.6) is 0 Å². The van der Waals surface area contributed by atoms with E-state index in [2.05, 4.69) is 5.32 Å². The summed E-state index contributed by atoms with van der Waals surface area (Å²) in [6.45, 7) is 5.58. The standard InChI is InChI=1S/C13H19FN2OS/c1-8(2)16-13(17)7-18-12-5-4-10(9(3)15)6-11(12)14/h4-6,8-9H,7,15H2,1-3H3,(H,16,17)/t9-/m1/s1. The molecule has 3 nitrogen and oxygen atoms in total. The molecule has 100 valence electrons. The molecular formula is C13H19FN2OS. The molecule has 1 amide bonds. The lowest BCUT2D eigenvalue weighted by molar-refractivity contribution is -0.119. The molecule has 5 heteroatoms. The second-order valence-corrected chi connectivity index (χ2v) is 5.51. The molecule has 1 rings (SSSR count). The lowest BCUT2D eigenvalue weighted by Gasteiger charge is -2.10. The molecule has 0 aliphatic heterocycles. The molecule has 1 aromatic carbocycles. The van der Waals surface area contributed by atoms with Gasteiger partial charge in [0.1, 0.15) is 5.82 Å². The molecule has 0 spiro atoms. The summed E-state index contributed by atoms with van der Waals surface area (Å²) in [7, 11) is 0. The molecular weight excluding hydrogens is 251 g/mol. The van der Waals surface area contributed by atoms with Crippen molar-refractivity contribution in [2.24, 2.45) is 5.73 Å². The van der Waals surface area contributed by atoms with Crippen molar-refractivity contribution in [1.82, 2.24) is 5.32 Å². The van der Waals surface area contributed by atoms with Crippen molar-refractivity contribution >= 4 is 17.7 Å². The summed E-state index contributed by atoms with van der Waals surface area (Å²) in [6.07, 6.45) is 0. The van der Waals surface area contributed by atoms with E-state index in [-0.39, 0.29) is 29.6 Å². The molecule has 3 N–H and O–H groups in total. The molecule has 0 aromatic heterocycles. The van der Waals surface area contributed by atoms with Gasteiger partial charge in [-0.25, -0.2) is 4.39 Å². The fourth-order valence-corrected chi connectivity index (χ4v) is 2.16. The van der Waals surface area contributed by atoms with Gasteiger partial charge >= 0.3 is 0 Å². The van der Waals surface area contributed by atoms with Crippen LogP contribution in [0.15, 0.2) is 23.1 Å². The topological polar surface area (TPSA) is 55.1 Å². The predicted octanol–water partition coefficient (Wildman–Crippen LogP) is 2.46. The Morgan fingerprint density at radius 1 is 1.44 bits per heavy atom. The number of nitrogens with one attached hydrogen (secondary N) is 1. The number of carbonyl (C=O) groups is 1. The van der Waals surface area contributed by atoms with Crippen molar-refractivity contribution in [3.8, 4) is 0 Å². The summed E-state index contributed by atoms with van der Waals surface area (Å²) in [5.74, 6) is -0.204. The van der Waals surface area contributed by atoms with E-state index in [4.69, 9.17) is 5.73 Å². The molecule has 0 bridgehead atoms. The molecule has 0 unspecified atom stereocenters. The van der Waals surface area contributed by atoms with E-state index in [1.54, 1.807) is 19.1 Å². The second-order valence-electron chi connectivity index (χ2n) is 4.49. The Morgan fingerprint density at radius 3 is 2.61 bits per heavy atom. The average Bonchev–Trinajstić information content (AvgIpc) is 2.26. The van der Waals surface area contributed by atoms with E-state index in [1.807, 2.05) is 13.8 Å². The zero-order valence-corrected chi connectivity index (χ0v) is 11.7. The number of halogens is 1. The van der Waals surface area contributed by atoms with Crippen molar-refractivity contribution in [2.45, 2.75) is 37.8 Å². The van der Waals surface area contributed by atoms with Gasteiger partial charge in [-0.15, -0.1) is 11.8 Å². The van der Waals surface area contributed by atoms with Crippen molar-refractivity contribution in [1.29, 1.82) is 0 Å². The van der Waals surface area contributed by atoms with E-state index >= 15 is 0 Å². The fraction of sp³-hybridized carbons (Fsp3) is 0.462. The average molecular weight is 270 g/mol. The Hall–Kier alpha value is -1.07. The van der Waals surface area contributed by atoms with E-state index in [0.29, 0.717) is 4.90 Å². The van der Waals surface area contributed by atoms with E-state index < -0.39 is 0 Å². The normalized spacial score (nSPS) is 12.6. The SMILES string of the molecule is CC(C)NC(=O)CSc1ccc([C@@H](C)N)cc1F. The number of amides is 1. The maximum atomic E-state index is 13.7. The number of hydrogen-bond acceptors (Lipinski definition) is 3. The number of benzene rings is 1. The highest BCUT2D eigenvalue weighted by atomic mass is 32.2. The highest BCUT2D eigenvalue weighted by Gasteiger charge is 2.09. The van der Waals surface area contributed by atoms with Gasteiger partial charge in [-0.05, 0) is 38.5 Å². The van der Waals surface area contributed by atoms with Crippen LogP contribution in [0.1, 0.15) is 32.4 Å². The van der Waals surface area contributed by atoms with Gasteiger partial charge in [-0.3, -0.25) is 4.79 Å². The third-order valence-electron chi connectivity index (χ3n) is 2.29. The van der Waals surface area contributed by atoms with Crippen LogP contribution in [0.3, 0.4) is 0 Å². The number of thioether (sulfide) groups is 1. The molecule has 0 radical (unpaired) electrons. The summed E-state index contributed by atoms with van der Waals surface area (Å²) >= 11 is 1.19. The van der Waals surface area contributed by atoms with Gasteiger partial charge in [0.2, 0.25) is 5.91 Å². The molecule has 0 heterocycles. The maximum absolute atomic E-state index is 13.7. The molecule has 1 atom stereocenters. The van der Waals surface area contributed by atoms with E-state index in [9.17, 15) is 9.18 Å². The molecule has 0 aliphatic rings. The monoisotopic (exact) mass is 270 g/mol. The van der Waals surface area contributed by atoms with E-state index in [0.717, 1.165) is 5.56 Å². The quantitative estimate of drug-likeness (QED) is 0.808. The highest BCUT2D eigenvalue weighted by Crippen LogP contribution is 2.24. The van der Waals surface area contributed by atoms with Gasteiger partial charge in [-0.1, -0.05) is 6.07 Å². The Labute approximate surface area is 111 Å². The number of hydrogen-bond donors (Lipinski definition) is 2. The van der Waals surface area contributed by atoms with Crippen LogP contribution in [-0.4, -0.2) is 17.7 Å². The first kappa shape index (κ1) is 15.0. The molecule has 0 saturated carbocycles. The molecule has 0 aliphatic carbocycles. The third-order valence-corrected chi connectivity index (χ3v) is 3.34. The molecule has 0 saturated heterocycles. The Morgan fingerprint density at radius 2 is 2.11 bits per heavy atom. The Balaban J connectivity index is 2.60. The van der Waals surface area contributed by atoms with Crippen LogP contribution in [0.2, 0.25) is 0 Å². The zero-order valence-electron chi connectivity index (χ0n) is 10.9. The third kappa shape index (κ3) is 4.66. The Bertz CT molecular complexity index is 421. The largest absolute Gasteiger partial charge is 0.353 e. The summed E-state index contributed by atoms with van der Waals surface area (Å²) in [4.78, 5) is 11.9. The van der Waals surface area contributed by atoms with Gasteiger partial charge in [0.05, 0.1) is 5.75 Å². The van der Waals surface area contributed by atoms with Crippen molar-refractivity contribution in [3.63, 3.8) is 0 Å². The van der Waals surface area contributed by atoms with Crippen molar-refractivity contribution in [2.75, 3.05) is 5.75 Å². The maximum Gasteiger partial charge on any atom is 0.230 e.